The summed E-state index contributed by atoms with van der Waals surface area (Å²) in [7, 11) is -1.44. The summed E-state index contributed by atoms with van der Waals surface area (Å²) < 4.78 is 32.1. The molecule has 2 aliphatic rings. The Morgan fingerprint density at radius 1 is 1.30 bits per heavy atom. The standard InChI is InChI=1S/C13H19ClN2O3S/c1-15-10-2-3-11(15)9-16(7-6-10)20(17,18)13-5-4-12(8-14)19-13/h4-5,10-11H,2-3,6-9H2,1H3. The van der Waals surface area contributed by atoms with Crippen LogP contribution in [0.15, 0.2) is 21.6 Å². The molecule has 2 atom stereocenters. The largest absolute Gasteiger partial charge is 0.447 e. The van der Waals surface area contributed by atoms with E-state index in [2.05, 4.69) is 11.9 Å². The van der Waals surface area contributed by atoms with Crippen LogP contribution in [0.4, 0.5) is 0 Å². The van der Waals surface area contributed by atoms with Crippen LogP contribution in [0.25, 0.3) is 0 Å². The van der Waals surface area contributed by atoms with E-state index in [1.807, 2.05) is 0 Å². The van der Waals surface area contributed by atoms with Gasteiger partial charge in [0, 0.05) is 25.2 Å². The normalized spacial score (nSPS) is 28.7. The quantitative estimate of drug-likeness (QED) is 0.798. The van der Waals surface area contributed by atoms with Crippen molar-refractivity contribution in [1.29, 1.82) is 0 Å². The molecule has 2 fully saturated rings. The molecule has 0 amide bonds. The molecule has 20 heavy (non-hydrogen) atoms. The number of sulfonamides is 1. The maximum atomic E-state index is 12.6. The second-order valence-electron chi connectivity index (χ2n) is 5.56. The summed E-state index contributed by atoms with van der Waals surface area (Å²) in [4.78, 5) is 2.32. The van der Waals surface area contributed by atoms with Crippen molar-refractivity contribution in [3.8, 4) is 0 Å². The molecule has 1 aromatic heterocycles. The van der Waals surface area contributed by atoms with E-state index >= 15 is 0 Å². The molecule has 0 aliphatic carbocycles. The fourth-order valence-electron chi connectivity index (χ4n) is 3.19. The van der Waals surface area contributed by atoms with Crippen LogP contribution in [0.3, 0.4) is 0 Å². The Bertz CT molecular complexity index is 586. The third-order valence-electron chi connectivity index (χ3n) is 4.47. The molecule has 5 nitrogen and oxygen atoms in total. The predicted octanol–water partition coefficient (Wildman–Crippen LogP) is 1.88. The number of rotatable bonds is 3. The van der Waals surface area contributed by atoms with Gasteiger partial charge in [-0.05, 0) is 38.4 Å². The van der Waals surface area contributed by atoms with Crippen LogP contribution in [0.2, 0.25) is 0 Å². The minimum atomic E-state index is -3.54. The average Bonchev–Trinajstić information content (AvgIpc) is 2.95. The average molecular weight is 319 g/mol. The summed E-state index contributed by atoms with van der Waals surface area (Å²) in [5.41, 5.74) is 0. The van der Waals surface area contributed by atoms with E-state index in [0.29, 0.717) is 30.9 Å². The van der Waals surface area contributed by atoms with E-state index in [1.165, 1.54) is 12.5 Å². The third-order valence-corrected chi connectivity index (χ3v) is 6.48. The van der Waals surface area contributed by atoms with Crippen molar-refractivity contribution in [3.05, 3.63) is 17.9 Å². The first-order chi connectivity index (χ1) is 9.52. The lowest BCUT2D eigenvalue weighted by Gasteiger charge is -2.24. The Balaban J connectivity index is 1.84. The number of alkyl halides is 1. The van der Waals surface area contributed by atoms with E-state index in [-0.39, 0.29) is 11.0 Å². The molecule has 112 valence electrons. The first-order valence-electron chi connectivity index (χ1n) is 6.89. The Hall–Kier alpha value is -0.560. The maximum absolute atomic E-state index is 12.6. The first kappa shape index (κ1) is 14.4. The highest BCUT2D eigenvalue weighted by molar-refractivity contribution is 7.89. The fraction of sp³-hybridized carbons (Fsp3) is 0.692. The molecule has 2 aliphatic heterocycles. The molecule has 0 radical (unpaired) electrons. The van der Waals surface area contributed by atoms with Gasteiger partial charge in [0.2, 0.25) is 5.09 Å². The van der Waals surface area contributed by atoms with Crippen molar-refractivity contribution in [2.75, 3.05) is 20.1 Å². The van der Waals surface area contributed by atoms with Crippen LogP contribution in [0.1, 0.15) is 25.0 Å². The number of halogens is 1. The molecule has 0 aromatic carbocycles. The van der Waals surface area contributed by atoms with Crippen LogP contribution in [0, 0.1) is 0 Å². The zero-order valence-corrected chi connectivity index (χ0v) is 13.0. The summed E-state index contributed by atoms with van der Waals surface area (Å²) in [6.45, 7) is 1.11. The van der Waals surface area contributed by atoms with Gasteiger partial charge < -0.3 is 4.42 Å². The minimum Gasteiger partial charge on any atom is -0.447 e. The number of furan rings is 1. The highest BCUT2D eigenvalue weighted by atomic mass is 35.5. The first-order valence-corrected chi connectivity index (χ1v) is 8.86. The van der Waals surface area contributed by atoms with E-state index < -0.39 is 10.0 Å². The number of likely N-dealkylation sites (N-methyl/N-ethyl adjacent to an activating group) is 1. The van der Waals surface area contributed by atoms with Crippen molar-refractivity contribution in [3.63, 3.8) is 0 Å². The van der Waals surface area contributed by atoms with Crippen molar-refractivity contribution in [1.82, 2.24) is 9.21 Å². The molecule has 0 spiro atoms. The van der Waals surface area contributed by atoms with Gasteiger partial charge in [-0.3, -0.25) is 4.90 Å². The van der Waals surface area contributed by atoms with Gasteiger partial charge in [0.15, 0.2) is 0 Å². The summed E-state index contributed by atoms with van der Waals surface area (Å²) in [5.74, 6) is 0.668. The van der Waals surface area contributed by atoms with Crippen LogP contribution in [-0.4, -0.2) is 49.8 Å². The predicted molar refractivity (Wildman–Crippen MR) is 76.2 cm³/mol. The summed E-state index contributed by atoms with van der Waals surface area (Å²) >= 11 is 5.66. The zero-order valence-electron chi connectivity index (χ0n) is 11.5. The Morgan fingerprint density at radius 3 is 2.75 bits per heavy atom. The molecule has 2 saturated heterocycles. The topological polar surface area (TPSA) is 53.8 Å². The van der Waals surface area contributed by atoms with Crippen molar-refractivity contribution < 1.29 is 12.8 Å². The van der Waals surface area contributed by atoms with Crippen LogP contribution >= 0.6 is 11.6 Å². The Morgan fingerprint density at radius 2 is 2.05 bits per heavy atom. The van der Waals surface area contributed by atoms with Gasteiger partial charge in [-0.1, -0.05) is 0 Å². The lowest BCUT2D eigenvalue weighted by Crippen LogP contribution is -2.39. The van der Waals surface area contributed by atoms with Gasteiger partial charge in [0.25, 0.3) is 10.0 Å². The zero-order chi connectivity index (χ0) is 14.3. The van der Waals surface area contributed by atoms with Crippen LogP contribution in [0.5, 0.6) is 0 Å². The molecule has 1 aromatic rings. The number of fused-ring (bicyclic) bond motifs is 2. The fourth-order valence-corrected chi connectivity index (χ4v) is 4.76. The van der Waals surface area contributed by atoms with Crippen molar-refractivity contribution in [2.24, 2.45) is 0 Å². The molecule has 7 heteroatoms. The lowest BCUT2D eigenvalue weighted by molar-refractivity contribution is 0.246. The smallest absolute Gasteiger partial charge is 0.276 e. The summed E-state index contributed by atoms with van der Waals surface area (Å²) in [5, 5.41) is 0.00794. The van der Waals surface area contributed by atoms with Gasteiger partial charge in [-0.2, -0.15) is 4.31 Å². The van der Waals surface area contributed by atoms with Gasteiger partial charge >= 0.3 is 0 Å². The summed E-state index contributed by atoms with van der Waals surface area (Å²) in [6, 6.07) is 3.95. The highest BCUT2D eigenvalue weighted by Crippen LogP contribution is 2.31. The minimum absolute atomic E-state index is 0.00794. The highest BCUT2D eigenvalue weighted by Gasteiger charge is 2.39. The molecule has 0 saturated carbocycles. The molecular weight excluding hydrogens is 300 g/mol. The molecule has 2 unspecified atom stereocenters. The number of nitrogens with zero attached hydrogens (tertiary/aromatic N) is 2. The SMILES string of the molecule is CN1C2CCC1CN(S(=O)(=O)c1ccc(CCl)o1)CC2. The Labute approximate surface area is 124 Å². The maximum Gasteiger partial charge on any atom is 0.276 e. The van der Waals surface area contributed by atoms with E-state index in [1.54, 1.807) is 10.4 Å². The van der Waals surface area contributed by atoms with Gasteiger partial charge in [0.1, 0.15) is 5.76 Å². The molecule has 0 N–H and O–H groups in total. The van der Waals surface area contributed by atoms with Crippen LogP contribution < -0.4 is 0 Å². The molecule has 3 heterocycles. The monoisotopic (exact) mass is 318 g/mol. The second-order valence-corrected chi connectivity index (χ2v) is 7.69. The molecule has 2 bridgehead atoms. The van der Waals surface area contributed by atoms with Gasteiger partial charge in [-0.25, -0.2) is 8.42 Å². The lowest BCUT2D eigenvalue weighted by atomic mass is 10.1. The van der Waals surface area contributed by atoms with E-state index in [9.17, 15) is 8.42 Å². The third kappa shape index (κ3) is 2.39. The molecular formula is C13H19ClN2O3S. The van der Waals surface area contributed by atoms with Crippen molar-refractivity contribution >= 4 is 21.6 Å². The van der Waals surface area contributed by atoms with Crippen LogP contribution in [-0.2, 0) is 15.9 Å². The molecule has 3 rings (SSSR count). The number of hydrogen-bond donors (Lipinski definition) is 0. The van der Waals surface area contributed by atoms with E-state index in [4.69, 9.17) is 16.0 Å². The Kier molecular flexibility index (Phi) is 3.83. The second kappa shape index (κ2) is 5.33. The van der Waals surface area contributed by atoms with Gasteiger partial charge in [0.05, 0.1) is 5.88 Å². The van der Waals surface area contributed by atoms with Gasteiger partial charge in [-0.15, -0.1) is 11.6 Å². The number of hydrogen-bond acceptors (Lipinski definition) is 4. The van der Waals surface area contributed by atoms with Crippen molar-refractivity contribution in [2.45, 2.75) is 42.3 Å². The van der Waals surface area contributed by atoms with E-state index in [0.717, 1.165) is 12.8 Å². The summed E-state index contributed by atoms with van der Waals surface area (Å²) in [6.07, 6.45) is 3.12.